The van der Waals surface area contributed by atoms with Gasteiger partial charge in [-0.2, -0.15) is 0 Å². The van der Waals surface area contributed by atoms with E-state index in [9.17, 15) is 18.0 Å². The molecule has 0 unspecified atom stereocenters. The summed E-state index contributed by atoms with van der Waals surface area (Å²) >= 11 is 6.05. The molecular formula is C30H34ClN3O6S. The first kappa shape index (κ1) is 30.2. The molecule has 2 amide bonds. The monoisotopic (exact) mass is 599 g/mol. The first-order valence-electron chi connectivity index (χ1n) is 13.2. The Morgan fingerprint density at radius 3 is 2.22 bits per heavy atom. The molecule has 11 heteroatoms. The fraction of sp³-hybridized carbons (Fsp3) is 0.333. The van der Waals surface area contributed by atoms with Gasteiger partial charge in [0.15, 0.2) is 11.5 Å². The molecular weight excluding hydrogens is 566 g/mol. The third-order valence-electron chi connectivity index (χ3n) is 6.36. The topological polar surface area (TPSA) is 105 Å². The van der Waals surface area contributed by atoms with Crippen molar-refractivity contribution in [2.45, 2.75) is 50.7 Å². The van der Waals surface area contributed by atoms with Crippen LogP contribution in [0.5, 0.6) is 11.5 Å². The summed E-state index contributed by atoms with van der Waals surface area (Å²) < 4.78 is 40.2. The van der Waals surface area contributed by atoms with E-state index in [1.54, 1.807) is 67.6 Å². The summed E-state index contributed by atoms with van der Waals surface area (Å²) in [5.74, 6) is -0.0619. The Morgan fingerprint density at radius 2 is 1.59 bits per heavy atom. The van der Waals surface area contributed by atoms with Crippen LogP contribution in [0.15, 0.2) is 77.7 Å². The highest BCUT2D eigenvalue weighted by atomic mass is 35.5. The zero-order valence-electron chi connectivity index (χ0n) is 23.5. The van der Waals surface area contributed by atoms with E-state index < -0.39 is 34.1 Å². The molecule has 0 aromatic heterocycles. The molecule has 218 valence electrons. The summed E-state index contributed by atoms with van der Waals surface area (Å²) in [7, 11) is -4.19. The summed E-state index contributed by atoms with van der Waals surface area (Å²) in [5.41, 5.74) is 0.424. The van der Waals surface area contributed by atoms with Crippen LogP contribution in [0.1, 0.15) is 33.3 Å². The van der Waals surface area contributed by atoms with Crippen LogP contribution >= 0.6 is 11.6 Å². The number of halogens is 1. The van der Waals surface area contributed by atoms with E-state index in [0.717, 1.165) is 9.87 Å². The summed E-state index contributed by atoms with van der Waals surface area (Å²) in [6.45, 7) is 7.36. The molecule has 9 nitrogen and oxygen atoms in total. The lowest BCUT2D eigenvalue weighted by molar-refractivity contribution is -0.140. The lowest BCUT2D eigenvalue weighted by atomic mass is 10.1. The van der Waals surface area contributed by atoms with Crippen molar-refractivity contribution in [3.05, 3.63) is 83.4 Å². The minimum atomic E-state index is -4.19. The maximum Gasteiger partial charge on any atom is 0.264 e. The van der Waals surface area contributed by atoms with Crippen molar-refractivity contribution >= 4 is 39.1 Å². The number of ether oxygens (including phenoxy) is 2. The molecule has 0 bridgehead atoms. The molecule has 0 aliphatic carbocycles. The minimum absolute atomic E-state index is 0.0189. The molecule has 0 saturated heterocycles. The van der Waals surface area contributed by atoms with Crippen molar-refractivity contribution in [1.29, 1.82) is 0 Å². The number of nitrogens with one attached hydrogen (secondary N) is 1. The molecule has 1 heterocycles. The Bertz CT molecular complexity index is 1490. The molecule has 0 saturated carbocycles. The van der Waals surface area contributed by atoms with Crippen molar-refractivity contribution < 1.29 is 27.5 Å². The number of sulfonamides is 1. The Morgan fingerprint density at radius 1 is 0.951 bits per heavy atom. The highest BCUT2D eigenvalue weighted by Crippen LogP contribution is 2.36. The minimum Gasteiger partial charge on any atom is -0.486 e. The standard InChI is InChI=1S/C30H34ClN3O6S/c1-21(29(36)32-30(2,3)4)33(19-22-10-12-23(31)13-11-22)28(35)20-34(41(37,38)25-8-6-5-7-9-25)24-14-15-26-27(18-24)40-17-16-39-26/h5-15,18,21H,16-17,19-20H2,1-4H3,(H,32,36)/t21-/m0/s1. The molecule has 1 N–H and O–H groups in total. The van der Waals surface area contributed by atoms with Crippen molar-refractivity contribution in [2.24, 2.45) is 0 Å². The highest BCUT2D eigenvalue weighted by molar-refractivity contribution is 7.92. The van der Waals surface area contributed by atoms with Gasteiger partial charge in [0.25, 0.3) is 10.0 Å². The van der Waals surface area contributed by atoms with Crippen LogP contribution in [0, 0.1) is 0 Å². The normalized spacial score (nSPS) is 13.7. The molecule has 3 aromatic carbocycles. The van der Waals surface area contributed by atoms with Gasteiger partial charge in [0.1, 0.15) is 25.8 Å². The van der Waals surface area contributed by atoms with E-state index in [1.807, 2.05) is 20.8 Å². The number of hydrogen-bond donors (Lipinski definition) is 1. The predicted molar refractivity (Wildman–Crippen MR) is 158 cm³/mol. The number of rotatable bonds is 9. The zero-order chi connectivity index (χ0) is 29.8. The average molecular weight is 600 g/mol. The van der Waals surface area contributed by atoms with Crippen LogP contribution in [-0.4, -0.2) is 56.5 Å². The van der Waals surface area contributed by atoms with Gasteiger partial charge < -0.3 is 19.7 Å². The predicted octanol–water partition coefficient (Wildman–Crippen LogP) is 4.64. The quantitative estimate of drug-likeness (QED) is 0.384. The van der Waals surface area contributed by atoms with E-state index >= 15 is 0 Å². The number of hydrogen-bond acceptors (Lipinski definition) is 6. The van der Waals surface area contributed by atoms with Gasteiger partial charge in [-0.15, -0.1) is 0 Å². The third-order valence-corrected chi connectivity index (χ3v) is 8.40. The Kier molecular flexibility index (Phi) is 9.14. The fourth-order valence-corrected chi connectivity index (χ4v) is 5.83. The van der Waals surface area contributed by atoms with Crippen LogP contribution in [0.25, 0.3) is 0 Å². The second-order valence-electron chi connectivity index (χ2n) is 10.7. The van der Waals surface area contributed by atoms with Crippen molar-refractivity contribution in [3.63, 3.8) is 0 Å². The van der Waals surface area contributed by atoms with Crippen molar-refractivity contribution in [2.75, 3.05) is 24.1 Å². The SMILES string of the molecule is C[C@@H](C(=O)NC(C)(C)C)N(Cc1ccc(Cl)cc1)C(=O)CN(c1ccc2c(c1)OCCO2)S(=O)(=O)c1ccccc1. The second kappa shape index (κ2) is 12.4. The summed E-state index contributed by atoms with van der Waals surface area (Å²) in [5, 5.41) is 3.44. The molecule has 0 radical (unpaired) electrons. The molecule has 4 rings (SSSR count). The second-order valence-corrected chi connectivity index (χ2v) is 13.0. The van der Waals surface area contributed by atoms with Crippen molar-refractivity contribution in [3.8, 4) is 11.5 Å². The van der Waals surface area contributed by atoms with Gasteiger partial charge in [0, 0.05) is 23.2 Å². The maximum atomic E-state index is 14.0. The molecule has 1 aliphatic heterocycles. The van der Waals surface area contributed by atoms with Gasteiger partial charge in [-0.05, 0) is 69.7 Å². The summed E-state index contributed by atoms with van der Waals surface area (Å²) in [6.07, 6.45) is 0. The van der Waals surface area contributed by atoms with Crippen molar-refractivity contribution in [1.82, 2.24) is 10.2 Å². The largest absolute Gasteiger partial charge is 0.486 e. The zero-order valence-corrected chi connectivity index (χ0v) is 25.0. The summed E-state index contributed by atoms with van der Waals surface area (Å²) in [4.78, 5) is 28.6. The van der Waals surface area contributed by atoms with Crippen LogP contribution in [0.4, 0.5) is 5.69 Å². The number of anilines is 1. The van der Waals surface area contributed by atoms with Gasteiger partial charge in [-0.25, -0.2) is 8.42 Å². The molecule has 41 heavy (non-hydrogen) atoms. The van der Waals surface area contributed by atoms with Gasteiger partial charge in [-0.1, -0.05) is 41.9 Å². The van der Waals surface area contributed by atoms with Gasteiger partial charge in [0.2, 0.25) is 11.8 Å². The third kappa shape index (κ3) is 7.51. The van der Waals surface area contributed by atoms with Gasteiger partial charge in [0.05, 0.1) is 10.6 Å². The first-order valence-corrected chi connectivity index (χ1v) is 15.0. The van der Waals surface area contributed by atoms with Crippen LogP contribution in [0.2, 0.25) is 5.02 Å². The van der Waals surface area contributed by atoms with E-state index in [1.165, 1.54) is 17.0 Å². The lowest BCUT2D eigenvalue weighted by Crippen LogP contribution is -2.54. The number of carbonyl (C=O) groups excluding carboxylic acids is 2. The fourth-order valence-electron chi connectivity index (χ4n) is 4.28. The van der Waals surface area contributed by atoms with Crippen LogP contribution < -0.4 is 19.1 Å². The Balaban J connectivity index is 1.73. The molecule has 1 atom stereocenters. The number of fused-ring (bicyclic) bond motifs is 1. The van der Waals surface area contributed by atoms with E-state index in [-0.39, 0.29) is 23.0 Å². The maximum absolute atomic E-state index is 14.0. The molecule has 3 aromatic rings. The summed E-state index contributed by atoms with van der Waals surface area (Å²) in [6, 6.07) is 18.6. The lowest BCUT2D eigenvalue weighted by Gasteiger charge is -2.33. The van der Waals surface area contributed by atoms with Gasteiger partial charge in [-0.3, -0.25) is 13.9 Å². The Labute approximate surface area is 246 Å². The number of carbonyl (C=O) groups is 2. The van der Waals surface area contributed by atoms with E-state index in [2.05, 4.69) is 5.32 Å². The highest BCUT2D eigenvalue weighted by Gasteiger charge is 2.34. The number of amides is 2. The molecule has 1 aliphatic rings. The van der Waals surface area contributed by atoms with E-state index in [4.69, 9.17) is 21.1 Å². The van der Waals surface area contributed by atoms with E-state index in [0.29, 0.717) is 29.7 Å². The Hall–Kier alpha value is -3.76. The van der Waals surface area contributed by atoms with Gasteiger partial charge >= 0.3 is 0 Å². The molecule has 0 spiro atoms. The van der Waals surface area contributed by atoms with Crippen LogP contribution in [0.3, 0.4) is 0 Å². The van der Waals surface area contributed by atoms with Crippen LogP contribution in [-0.2, 0) is 26.2 Å². The smallest absolute Gasteiger partial charge is 0.264 e. The number of nitrogens with zero attached hydrogens (tertiary/aromatic N) is 2. The number of benzene rings is 3. The first-order chi connectivity index (χ1) is 19.3. The average Bonchev–Trinajstić information content (AvgIpc) is 2.94. The molecule has 0 fully saturated rings.